The normalized spacial score (nSPS) is 23.5. The fraction of sp³-hybridized carbons (Fsp3) is 0.353. The molecule has 0 spiro atoms. The molecule has 0 radical (unpaired) electrons. The van der Waals surface area contributed by atoms with E-state index < -0.39 is 6.42 Å². The molecule has 1 aromatic heterocycles. The Hall–Kier alpha value is -1.24. The van der Waals surface area contributed by atoms with Crippen LogP contribution in [0.15, 0.2) is 40.7 Å². The molecule has 0 amide bonds. The molecular weight excluding hydrogens is 373 g/mol. The Morgan fingerprint density at radius 3 is 2.72 bits per heavy atom. The highest BCUT2D eigenvalue weighted by Crippen LogP contribution is 2.55. The largest absolute Gasteiger partial charge is 0.430 e. The van der Waals surface area contributed by atoms with Crippen molar-refractivity contribution in [3.05, 3.63) is 40.6 Å². The lowest BCUT2D eigenvalue weighted by atomic mass is 10.2. The molecule has 0 bridgehead atoms. The number of anilines is 1. The highest BCUT2D eigenvalue weighted by molar-refractivity contribution is 8.15. The number of fused-ring (bicyclic) bond motifs is 1. The van der Waals surface area contributed by atoms with Crippen molar-refractivity contribution in [1.29, 1.82) is 0 Å². The Bertz CT molecular complexity index is 846. The lowest BCUT2D eigenvalue weighted by Crippen LogP contribution is -2.39. The quantitative estimate of drug-likeness (QED) is 0.749. The van der Waals surface area contributed by atoms with Crippen LogP contribution in [-0.4, -0.2) is 51.0 Å². The summed E-state index contributed by atoms with van der Waals surface area (Å²) in [6, 6.07) is 10.3. The molecule has 0 aliphatic carbocycles. The highest BCUT2D eigenvalue weighted by Gasteiger charge is 2.38. The smallest absolute Gasteiger partial charge is 0.236 e. The van der Waals surface area contributed by atoms with E-state index in [4.69, 9.17) is 26.1 Å². The van der Waals surface area contributed by atoms with Gasteiger partial charge in [0.05, 0.1) is 29.1 Å². The van der Waals surface area contributed by atoms with Gasteiger partial charge in [-0.25, -0.2) is 9.66 Å². The summed E-state index contributed by atoms with van der Waals surface area (Å²) in [5.41, 5.74) is 2.04. The molecule has 2 aliphatic heterocycles. The van der Waals surface area contributed by atoms with E-state index in [1.54, 1.807) is 11.3 Å². The fourth-order valence-corrected chi connectivity index (χ4v) is 7.07. The molecule has 0 saturated carbocycles. The van der Waals surface area contributed by atoms with Gasteiger partial charge in [0.25, 0.3) is 0 Å². The van der Waals surface area contributed by atoms with Crippen LogP contribution in [0.2, 0.25) is 0 Å². The van der Waals surface area contributed by atoms with Crippen molar-refractivity contribution < 1.29 is 9.26 Å². The van der Waals surface area contributed by atoms with Crippen LogP contribution in [0, 0.1) is 0 Å². The van der Waals surface area contributed by atoms with Crippen LogP contribution in [0.1, 0.15) is 4.88 Å². The summed E-state index contributed by atoms with van der Waals surface area (Å²) in [5.74, 6) is 0.647. The average molecular weight is 393 g/mol. The Morgan fingerprint density at radius 1 is 1.24 bits per heavy atom. The van der Waals surface area contributed by atoms with Crippen molar-refractivity contribution in [2.75, 3.05) is 45.3 Å². The molecule has 132 valence electrons. The molecule has 8 heteroatoms. The van der Waals surface area contributed by atoms with Gasteiger partial charge in [-0.3, -0.25) is 0 Å². The third-order valence-electron chi connectivity index (χ3n) is 4.30. The minimum atomic E-state index is -2.38. The van der Waals surface area contributed by atoms with Gasteiger partial charge in [0.1, 0.15) is 0 Å². The van der Waals surface area contributed by atoms with E-state index in [1.165, 1.54) is 0 Å². The molecule has 0 N–H and O–H groups in total. The van der Waals surface area contributed by atoms with Gasteiger partial charge >= 0.3 is 0 Å². The second-order valence-electron chi connectivity index (χ2n) is 6.14. The third kappa shape index (κ3) is 3.15. The Kier molecular flexibility index (Phi) is 4.69. The maximum absolute atomic E-state index is 6.43. The molecule has 1 saturated heterocycles. The Balaban J connectivity index is 1.84. The van der Waals surface area contributed by atoms with Gasteiger partial charge in [-0.05, 0) is 41.5 Å². The van der Waals surface area contributed by atoms with E-state index in [-0.39, 0.29) is 0 Å². The zero-order valence-electron chi connectivity index (χ0n) is 14.2. The van der Waals surface area contributed by atoms with Crippen molar-refractivity contribution >= 4 is 52.1 Å². The summed E-state index contributed by atoms with van der Waals surface area (Å²) in [7, 11) is 4.06. The van der Waals surface area contributed by atoms with Crippen LogP contribution in [0.5, 0.6) is 0 Å². The van der Waals surface area contributed by atoms with Gasteiger partial charge in [-0.1, -0.05) is 6.07 Å². The predicted molar refractivity (Wildman–Crippen MR) is 109 cm³/mol. The number of hydrogen-bond donors (Lipinski definition) is 0. The SMILES string of the molecule is CN(C)c1ccc2c(c1)N=C(c1cccs1)O[P@]2(=S)N1CCOCC1. The van der Waals surface area contributed by atoms with Gasteiger partial charge in [0.15, 0.2) is 0 Å². The number of rotatable bonds is 3. The molecule has 1 aromatic carbocycles. The van der Waals surface area contributed by atoms with Crippen LogP contribution in [0.25, 0.3) is 0 Å². The van der Waals surface area contributed by atoms with E-state index in [2.05, 4.69) is 27.8 Å². The fourth-order valence-electron chi connectivity index (χ4n) is 2.94. The van der Waals surface area contributed by atoms with Gasteiger partial charge in [-0.15, -0.1) is 11.3 Å². The second kappa shape index (κ2) is 6.82. The lowest BCUT2D eigenvalue weighted by Gasteiger charge is -2.39. The Morgan fingerprint density at radius 2 is 2.04 bits per heavy atom. The summed E-state index contributed by atoms with van der Waals surface area (Å²) in [6.45, 7) is 2.98. The van der Waals surface area contributed by atoms with E-state index in [0.717, 1.165) is 34.6 Å². The summed E-state index contributed by atoms with van der Waals surface area (Å²) < 4.78 is 14.2. The van der Waals surface area contributed by atoms with E-state index >= 15 is 0 Å². The maximum atomic E-state index is 6.43. The molecule has 1 fully saturated rings. The van der Waals surface area contributed by atoms with Crippen LogP contribution >= 0.6 is 17.8 Å². The summed E-state index contributed by atoms with van der Waals surface area (Å²) in [4.78, 5) is 7.90. The number of ether oxygens (including phenoxy) is 1. The van der Waals surface area contributed by atoms with Crippen molar-refractivity contribution in [3.8, 4) is 0 Å². The number of thiophene rings is 1. The molecule has 2 aliphatic rings. The summed E-state index contributed by atoms with van der Waals surface area (Å²) in [5, 5.41) is 3.07. The summed E-state index contributed by atoms with van der Waals surface area (Å²) >= 11 is 7.78. The highest BCUT2D eigenvalue weighted by atomic mass is 32.4. The standard InChI is InChI=1S/C17H20N3O2PS2/c1-19(2)13-5-6-15-14(12-13)18-17(16-4-3-11-25-16)22-23(15,24)20-7-9-21-10-8-20/h3-6,11-12H,7-10H2,1-2H3/t23-/m1/s1. The topological polar surface area (TPSA) is 37.3 Å². The Labute approximate surface area is 157 Å². The van der Waals surface area contributed by atoms with Gasteiger partial charge in [0.2, 0.25) is 12.3 Å². The zero-order chi connectivity index (χ0) is 17.4. The van der Waals surface area contributed by atoms with Crippen LogP contribution in [-0.2, 0) is 21.1 Å². The molecular formula is C17H20N3O2PS2. The first-order valence-corrected chi connectivity index (χ1v) is 11.7. The first-order chi connectivity index (χ1) is 12.1. The number of morpholine rings is 1. The molecule has 4 rings (SSSR count). The number of benzene rings is 1. The molecule has 5 nitrogen and oxygen atoms in total. The number of hydrogen-bond acceptors (Lipinski definition) is 6. The van der Waals surface area contributed by atoms with Gasteiger partial charge < -0.3 is 14.2 Å². The minimum absolute atomic E-state index is 0.647. The van der Waals surface area contributed by atoms with Crippen LogP contribution < -0.4 is 10.2 Å². The minimum Gasteiger partial charge on any atom is -0.430 e. The second-order valence-corrected chi connectivity index (χ2v) is 10.8. The van der Waals surface area contributed by atoms with Crippen LogP contribution in [0.4, 0.5) is 11.4 Å². The molecule has 25 heavy (non-hydrogen) atoms. The lowest BCUT2D eigenvalue weighted by molar-refractivity contribution is 0.0723. The first-order valence-electron chi connectivity index (χ1n) is 8.15. The third-order valence-corrected chi connectivity index (χ3v) is 9.22. The van der Waals surface area contributed by atoms with E-state index in [1.807, 2.05) is 31.6 Å². The predicted octanol–water partition coefficient (Wildman–Crippen LogP) is 3.19. The van der Waals surface area contributed by atoms with E-state index in [0.29, 0.717) is 19.1 Å². The van der Waals surface area contributed by atoms with Crippen molar-refractivity contribution in [2.45, 2.75) is 0 Å². The summed E-state index contributed by atoms with van der Waals surface area (Å²) in [6.07, 6.45) is -2.38. The first kappa shape index (κ1) is 17.2. The van der Waals surface area contributed by atoms with Gasteiger partial charge in [0, 0.05) is 32.9 Å². The molecule has 3 heterocycles. The van der Waals surface area contributed by atoms with Crippen molar-refractivity contribution in [2.24, 2.45) is 4.99 Å². The zero-order valence-corrected chi connectivity index (χ0v) is 16.7. The van der Waals surface area contributed by atoms with Crippen molar-refractivity contribution in [1.82, 2.24) is 4.67 Å². The van der Waals surface area contributed by atoms with Crippen LogP contribution in [0.3, 0.4) is 0 Å². The van der Waals surface area contributed by atoms with Crippen molar-refractivity contribution in [3.63, 3.8) is 0 Å². The molecule has 2 aromatic rings. The van der Waals surface area contributed by atoms with E-state index in [9.17, 15) is 0 Å². The average Bonchev–Trinajstić information content (AvgIpc) is 3.16. The van der Waals surface area contributed by atoms with Gasteiger partial charge in [-0.2, -0.15) is 0 Å². The molecule has 1 atom stereocenters. The number of nitrogens with zero attached hydrogens (tertiary/aromatic N) is 3. The maximum Gasteiger partial charge on any atom is 0.236 e. The molecule has 0 unspecified atom stereocenters. The monoisotopic (exact) mass is 393 g/mol. The number of aliphatic imine (C=N–C) groups is 1.